The number of hydrogen-bond donors (Lipinski definition) is 2. The Kier molecular flexibility index (Phi) is 4.64. The number of urea groups is 1. The maximum absolute atomic E-state index is 13.4. The minimum atomic E-state index is -0.267. The molecule has 5 heteroatoms. The molecule has 4 rings (SSSR count). The molecule has 26 heavy (non-hydrogen) atoms. The first kappa shape index (κ1) is 17.0. The highest BCUT2D eigenvalue weighted by Crippen LogP contribution is 2.35. The molecular formula is C21H24FN3O. The van der Waals surface area contributed by atoms with Crippen molar-refractivity contribution < 1.29 is 9.18 Å². The highest BCUT2D eigenvalue weighted by atomic mass is 19.1. The summed E-state index contributed by atoms with van der Waals surface area (Å²) in [6.07, 6.45) is 2.74. The van der Waals surface area contributed by atoms with E-state index in [1.807, 2.05) is 17.0 Å². The summed E-state index contributed by atoms with van der Waals surface area (Å²) in [5.41, 5.74) is 8.98. The van der Waals surface area contributed by atoms with Crippen molar-refractivity contribution in [3.05, 3.63) is 71.0 Å². The molecule has 3 N–H and O–H groups in total. The van der Waals surface area contributed by atoms with Crippen molar-refractivity contribution in [1.82, 2.24) is 10.2 Å². The number of benzene rings is 2. The summed E-state index contributed by atoms with van der Waals surface area (Å²) < 4.78 is 13.4. The zero-order valence-corrected chi connectivity index (χ0v) is 14.7. The molecule has 0 aromatic heterocycles. The number of nitrogens with one attached hydrogen (secondary N) is 1. The fourth-order valence-corrected chi connectivity index (χ4v) is 4.09. The van der Waals surface area contributed by atoms with Crippen molar-refractivity contribution in [3.8, 4) is 0 Å². The lowest BCUT2D eigenvalue weighted by Gasteiger charge is -2.41. The largest absolute Gasteiger partial charge is 0.335 e. The van der Waals surface area contributed by atoms with Crippen LogP contribution in [0, 0.1) is 11.7 Å². The standard InChI is InChI=1S/C21H24FN3O/c22-17-7-5-16(6-8-17)20-19-4-2-1-3-15(19)9-10-25(20)21(26)24-18-11-14(12-18)13-23/h1-8,14,18,20H,9-13,23H2,(H,24,26)/t14-,18+,20-/m0/s1. The zero-order valence-electron chi connectivity index (χ0n) is 14.7. The lowest BCUT2D eigenvalue weighted by molar-refractivity contribution is 0.158. The van der Waals surface area contributed by atoms with Crippen molar-refractivity contribution in [3.63, 3.8) is 0 Å². The van der Waals surface area contributed by atoms with E-state index in [0.717, 1.165) is 30.4 Å². The number of fused-ring (bicyclic) bond motifs is 1. The quantitative estimate of drug-likeness (QED) is 0.890. The van der Waals surface area contributed by atoms with Crippen LogP contribution in [-0.2, 0) is 6.42 Å². The van der Waals surface area contributed by atoms with Crippen LogP contribution in [0.2, 0.25) is 0 Å². The van der Waals surface area contributed by atoms with Crippen LogP contribution in [0.5, 0.6) is 0 Å². The molecule has 1 aliphatic carbocycles. The van der Waals surface area contributed by atoms with E-state index in [1.165, 1.54) is 17.7 Å². The average Bonchev–Trinajstić information content (AvgIpc) is 2.64. The van der Waals surface area contributed by atoms with Gasteiger partial charge >= 0.3 is 6.03 Å². The predicted octanol–water partition coefficient (Wildman–Crippen LogP) is 3.22. The number of nitrogens with two attached hydrogens (primary N) is 1. The Bertz CT molecular complexity index is 786. The molecule has 2 aromatic carbocycles. The molecule has 2 aromatic rings. The summed E-state index contributed by atoms with van der Waals surface area (Å²) in [7, 11) is 0. The monoisotopic (exact) mass is 353 g/mol. The molecule has 0 bridgehead atoms. The van der Waals surface area contributed by atoms with Gasteiger partial charge in [-0.3, -0.25) is 0 Å². The van der Waals surface area contributed by atoms with Crippen LogP contribution < -0.4 is 11.1 Å². The normalized spacial score (nSPS) is 24.5. The Morgan fingerprint density at radius 3 is 2.62 bits per heavy atom. The first-order valence-corrected chi connectivity index (χ1v) is 9.26. The third kappa shape index (κ3) is 3.19. The van der Waals surface area contributed by atoms with Gasteiger partial charge < -0.3 is 16.0 Å². The van der Waals surface area contributed by atoms with Crippen LogP contribution in [0.15, 0.2) is 48.5 Å². The molecule has 0 saturated heterocycles. The molecule has 1 heterocycles. The molecule has 4 nitrogen and oxygen atoms in total. The number of amides is 2. The molecule has 0 spiro atoms. The number of hydrogen-bond acceptors (Lipinski definition) is 2. The third-order valence-electron chi connectivity index (χ3n) is 5.63. The molecule has 1 aliphatic heterocycles. The zero-order chi connectivity index (χ0) is 18.1. The second-order valence-electron chi connectivity index (χ2n) is 7.32. The molecule has 0 unspecified atom stereocenters. The highest BCUT2D eigenvalue weighted by Gasteiger charge is 2.35. The van der Waals surface area contributed by atoms with Gasteiger partial charge in [0.25, 0.3) is 0 Å². The summed E-state index contributed by atoms with van der Waals surface area (Å²) in [4.78, 5) is 14.8. The minimum absolute atomic E-state index is 0.0469. The fraction of sp³-hybridized carbons (Fsp3) is 0.381. The molecule has 1 saturated carbocycles. The number of carbonyl (C=O) groups excluding carboxylic acids is 1. The summed E-state index contributed by atoms with van der Waals surface area (Å²) in [5, 5.41) is 3.15. The van der Waals surface area contributed by atoms with E-state index < -0.39 is 0 Å². The van der Waals surface area contributed by atoms with E-state index >= 15 is 0 Å². The van der Waals surface area contributed by atoms with Gasteiger partial charge in [0, 0.05) is 12.6 Å². The first-order chi connectivity index (χ1) is 12.7. The van der Waals surface area contributed by atoms with Gasteiger partial charge in [-0.25, -0.2) is 9.18 Å². The van der Waals surface area contributed by atoms with Crippen molar-refractivity contribution in [2.75, 3.05) is 13.1 Å². The summed E-state index contributed by atoms with van der Waals surface area (Å²) in [6, 6.07) is 14.6. The van der Waals surface area contributed by atoms with Gasteiger partial charge in [-0.05, 0) is 60.5 Å². The molecule has 1 atom stereocenters. The van der Waals surface area contributed by atoms with Gasteiger partial charge in [-0.15, -0.1) is 0 Å². The fourth-order valence-electron chi connectivity index (χ4n) is 4.09. The number of rotatable bonds is 3. The third-order valence-corrected chi connectivity index (χ3v) is 5.63. The van der Waals surface area contributed by atoms with Crippen LogP contribution in [0.1, 0.15) is 35.6 Å². The van der Waals surface area contributed by atoms with Gasteiger partial charge in [-0.1, -0.05) is 36.4 Å². The van der Waals surface area contributed by atoms with Crippen LogP contribution in [0.3, 0.4) is 0 Å². The molecule has 2 aliphatic rings. The molecule has 2 amide bonds. The smallest absolute Gasteiger partial charge is 0.318 e. The van der Waals surface area contributed by atoms with E-state index in [1.54, 1.807) is 12.1 Å². The summed E-state index contributed by atoms with van der Waals surface area (Å²) >= 11 is 0. The van der Waals surface area contributed by atoms with Crippen molar-refractivity contribution in [1.29, 1.82) is 0 Å². The van der Waals surface area contributed by atoms with Crippen LogP contribution in [0.4, 0.5) is 9.18 Å². The van der Waals surface area contributed by atoms with Gasteiger partial charge in [0.1, 0.15) is 5.82 Å². The SMILES string of the molecule is NC[C@H]1C[C@@H](NC(=O)N2CCc3ccccc3[C@@H]2c2ccc(F)cc2)C1. The predicted molar refractivity (Wildman–Crippen MR) is 99.2 cm³/mol. The number of nitrogens with zero attached hydrogens (tertiary/aromatic N) is 1. The molecule has 136 valence electrons. The summed E-state index contributed by atoms with van der Waals surface area (Å²) in [5.74, 6) is 0.256. The number of carbonyl (C=O) groups is 1. The van der Waals surface area contributed by atoms with E-state index in [9.17, 15) is 9.18 Å². The van der Waals surface area contributed by atoms with Gasteiger partial charge in [0.15, 0.2) is 0 Å². The highest BCUT2D eigenvalue weighted by molar-refractivity contribution is 5.76. The minimum Gasteiger partial charge on any atom is -0.335 e. The maximum atomic E-state index is 13.4. The Morgan fingerprint density at radius 2 is 1.88 bits per heavy atom. The van der Waals surface area contributed by atoms with Crippen LogP contribution >= 0.6 is 0 Å². The summed E-state index contributed by atoms with van der Waals surface area (Å²) in [6.45, 7) is 1.33. The second-order valence-corrected chi connectivity index (χ2v) is 7.32. The Labute approximate surface area is 153 Å². The molecule has 0 radical (unpaired) electrons. The first-order valence-electron chi connectivity index (χ1n) is 9.26. The second kappa shape index (κ2) is 7.08. The topological polar surface area (TPSA) is 58.4 Å². The van der Waals surface area contributed by atoms with E-state index in [0.29, 0.717) is 19.0 Å². The van der Waals surface area contributed by atoms with Crippen molar-refractivity contribution >= 4 is 6.03 Å². The Hall–Kier alpha value is -2.40. The Morgan fingerprint density at radius 1 is 1.15 bits per heavy atom. The van der Waals surface area contributed by atoms with Gasteiger partial charge in [0.05, 0.1) is 6.04 Å². The number of halogens is 1. The maximum Gasteiger partial charge on any atom is 0.318 e. The Balaban J connectivity index is 1.60. The van der Waals surface area contributed by atoms with Crippen LogP contribution in [-0.4, -0.2) is 30.1 Å². The lowest BCUT2D eigenvalue weighted by atomic mass is 9.80. The average molecular weight is 353 g/mol. The van der Waals surface area contributed by atoms with Crippen molar-refractivity contribution in [2.45, 2.75) is 31.3 Å². The van der Waals surface area contributed by atoms with E-state index in [-0.39, 0.29) is 23.9 Å². The van der Waals surface area contributed by atoms with Crippen molar-refractivity contribution in [2.24, 2.45) is 11.7 Å². The van der Waals surface area contributed by atoms with Crippen LogP contribution in [0.25, 0.3) is 0 Å². The molecular weight excluding hydrogens is 329 g/mol. The van der Waals surface area contributed by atoms with Gasteiger partial charge in [-0.2, -0.15) is 0 Å². The van der Waals surface area contributed by atoms with E-state index in [4.69, 9.17) is 5.73 Å². The lowest BCUT2D eigenvalue weighted by Crippen LogP contribution is -2.53. The molecule has 1 fully saturated rings. The van der Waals surface area contributed by atoms with Gasteiger partial charge in [0.2, 0.25) is 0 Å². The van der Waals surface area contributed by atoms with E-state index in [2.05, 4.69) is 17.4 Å².